The first-order chi connectivity index (χ1) is 13.9. The van der Waals surface area contributed by atoms with E-state index in [1.54, 1.807) is 6.20 Å². The van der Waals surface area contributed by atoms with Crippen LogP contribution in [0.2, 0.25) is 0 Å². The number of piperazine rings is 1. The molecule has 29 heavy (non-hydrogen) atoms. The highest BCUT2D eigenvalue weighted by molar-refractivity contribution is 7.89. The Morgan fingerprint density at radius 1 is 0.931 bits per heavy atom. The SMILES string of the molecule is O=S(=O)(c1cc(F)ccc1F)N1CCN(c2cc(N3CCOCC3)cnn2)CC1. The molecule has 0 atom stereocenters. The van der Waals surface area contributed by atoms with E-state index in [1.807, 2.05) is 11.0 Å². The second-order valence-corrected chi connectivity index (χ2v) is 8.74. The van der Waals surface area contributed by atoms with Crippen molar-refractivity contribution in [3.05, 3.63) is 42.1 Å². The van der Waals surface area contributed by atoms with Crippen LogP contribution in [0.5, 0.6) is 0 Å². The maximum Gasteiger partial charge on any atom is 0.246 e. The number of benzene rings is 1. The predicted molar refractivity (Wildman–Crippen MR) is 102 cm³/mol. The lowest BCUT2D eigenvalue weighted by Crippen LogP contribution is -2.49. The number of ether oxygens (including phenoxy) is 1. The second kappa shape index (κ2) is 8.17. The van der Waals surface area contributed by atoms with E-state index >= 15 is 0 Å². The molecule has 0 saturated carbocycles. The second-order valence-electron chi connectivity index (χ2n) is 6.84. The fourth-order valence-corrected chi connectivity index (χ4v) is 4.96. The zero-order chi connectivity index (χ0) is 20.4. The standard InChI is InChI=1S/C18H21F2N5O3S/c19-14-1-2-16(20)17(11-14)29(26,27)25-5-3-24(4-6-25)18-12-15(13-21-22-18)23-7-9-28-10-8-23/h1-2,11-13H,3-10H2. The molecule has 0 bridgehead atoms. The van der Waals surface area contributed by atoms with Crippen molar-refractivity contribution >= 4 is 21.5 Å². The Kier molecular flexibility index (Phi) is 5.61. The largest absolute Gasteiger partial charge is 0.378 e. The minimum atomic E-state index is -4.11. The van der Waals surface area contributed by atoms with Crippen LogP contribution in [0.4, 0.5) is 20.3 Å². The molecule has 0 amide bonds. The van der Waals surface area contributed by atoms with Crippen molar-refractivity contribution in [2.75, 3.05) is 62.3 Å². The number of halogens is 2. The number of aromatic nitrogens is 2. The monoisotopic (exact) mass is 425 g/mol. The summed E-state index contributed by atoms with van der Waals surface area (Å²) in [5, 5.41) is 8.24. The van der Waals surface area contributed by atoms with E-state index in [2.05, 4.69) is 15.1 Å². The number of anilines is 2. The van der Waals surface area contributed by atoms with Crippen molar-refractivity contribution in [3.8, 4) is 0 Å². The molecule has 2 fully saturated rings. The highest BCUT2D eigenvalue weighted by atomic mass is 32.2. The third-order valence-electron chi connectivity index (χ3n) is 5.08. The molecule has 0 spiro atoms. The van der Waals surface area contributed by atoms with Crippen LogP contribution in [0, 0.1) is 11.6 Å². The van der Waals surface area contributed by atoms with E-state index in [4.69, 9.17) is 4.74 Å². The molecule has 0 N–H and O–H groups in total. The van der Waals surface area contributed by atoms with E-state index in [9.17, 15) is 17.2 Å². The first kappa shape index (κ1) is 19.9. The molecule has 2 aromatic rings. The lowest BCUT2D eigenvalue weighted by molar-refractivity contribution is 0.122. The van der Waals surface area contributed by atoms with Gasteiger partial charge in [0.1, 0.15) is 16.5 Å². The van der Waals surface area contributed by atoms with Crippen molar-refractivity contribution < 1.29 is 21.9 Å². The molecule has 1 aromatic carbocycles. The maximum absolute atomic E-state index is 14.0. The summed E-state index contributed by atoms with van der Waals surface area (Å²) in [6.45, 7) is 3.89. The number of hydrogen-bond acceptors (Lipinski definition) is 7. The minimum Gasteiger partial charge on any atom is -0.378 e. The number of rotatable bonds is 4. The van der Waals surface area contributed by atoms with E-state index < -0.39 is 26.6 Å². The molecular weight excluding hydrogens is 404 g/mol. The molecule has 0 radical (unpaired) electrons. The fourth-order valence-electron chi connectivity index (χ4n) is 3.47. The molecule has 0 unspecified atom stereocenters. The molecule has 4 rings (SSSR count). The molecule has 156 valence electrons. The Balaban J connectivity index is 1.46. The average Bonchev–Trinajstić information content (AvgIpc) is 2.76. The van der Waals surface area contributed by atoms with Gasteiger partial charge in [-0.1, -0.05) is 0 Å². The van der Waals surface area contributed by atoms with E-state index in [0.717, 1.165) is 30.9 Å². The van der Waals surface area contributed by atoms with Gasteiger partial charge >= 0.3 is 0 Å². The van der Waals surface area contributed by atoms with Crippen molar-refractivity contribution in [2.24, 2.45) is 0 Å². The highest BCUT2D eigenvalue weighted by Crippen LogP contribution is 2.24. The topological polar surface area (TPSA) is 78.9 Å². The van der Waals surface area contributed by atoms with Gasteiger partial charge in [-0.15, -0.1) is 5.10 Å². The lowest BCUT2D eigenvalue weighted by Gasteiger charge is -2.35. The summed E-state index contributed by atoms with van der Waals surface area (Å²) in [5.74, 6) is -1.10. The summed E-state index contributed by atoms with van der Waals surface area (Å²) in [6.07, 6.45) is 1.70. The molecule has 2 saturated heterocycles. The molecule has 3 heterocycles. The van der Waals surface area contributed by atoms with Gasteiger partial charge in [-0.05, 0) is 18.2 Å². The zero-order valence-electron chi connectivity index (χ0n) is 15.7. The molecular formula is C18H21F2N5O3S. The van der Waals surface area contributed by atoms with Gasteiger partial charge in [-0.2, -0.15) is 9.40 Å². The first-order valence-electron chi connectivity index (χ1n) is 9.31. The van der Waals surface area contributed by atoms with Crippen LogP contribution in [0.25, 0.3) is 0 Å². The third-order valence-corrected chi connectivity index (χ3v) is 6.99. The summed E-state index contributed by atoms with van der Waals surface area (Å²) >= 11 is 0. The fraction of sp³-hybridized carbons (Fsp3) is 0.444. The Hall–Kier alpha value is -2.37. The number of hydrogen-bond donors (Lipinski definition) is 0. The van der Waals surface area contributed by atoms with Crippen molar-refractivity contribution in [1.29, 1.82) is 0 Å². The Labute approximate surface area is 167 Å². The third kappa shape index (κ3) is 4.16. The summed E-state index contributed by atoms with van der Waals surface area (Å²) < 4.78 is 59.4. The van der Waals surface area contributed by atoms with Crippen LogP contribution in [-0.4, -0.2) is 75.4 Å². The smallest absolute Gasteiger partial charge is 0.246 e. The van der Waals surface area contributed by atoms with Gasteiger partial charge in [0.25, 0.3) is 0 Å². The zero-order valence-corrected chi connectivity index (χ0v) is 16.5. The maximum atomic E-state index is 14.0. The number of sulfonamides is 1. The van der Waals surface area contributed by atoms with Crippen molar-refractivity contribution in [2.45, 2.75) is 4.90 Å². The van der Waals surface area contributed by atoms with Crippen LogP contribution in [-0.2, 0) is 14.8 Å². The molecule has 0 aliphatic carbocycles. The molecule has 8 nitrogen and oxygen atoms in total. The molecule has 2 aliphatic rings. The van der Waals surface area contributed by atoms with E-state index in [1.165, 1.54) is 4.31 Å². The van der Waals surface area contributed by atoms with Gasteiger partial charge in [-0.3, -0.25) is 0 Å². The summed E-state index contributed by atoms with van der Waals surface area (Å²) in [5.41, 5.74) is 0.940. The normalized spacial score (nSPS) is 18.8. The van der Waals surface area contributed by atoms with Gasteiger partial charge in [0.2, 0.25) is 10.0 Å². The molecule has 2 aliphatic heterocycles. The number of morpholine rings is 1. The van der Waals surface area contributed by atoms with E-state index in [0.29, 0.717) is 38.2 Å². The minimum absolute atomic E-state index is 0.141. The Morgan fingerprint density at radius 2 is 1.66 bits per heavy atom. The Morgan fingerprint density at radius 3 is 2.38 bits per heavy atom. The van der Waals surface area contributed by atoms with Crippen LogP contribution < -0.4 is 9.80 Å². The summed E-state index contributed by atoms with van der Waals surface area (Å²) in [4.78, 5) is 3.46. The highest BCUT2D eigenvalue weighted by Gasteiger charge is 2.31. The van der Waals surface area contributed by atoms with Crippen LogP contribution >= 0.6 is 0 Å². The Bertz CT molecular complexity index is 977. The first-order valence-corrected chi connectivity index (χ1v) is 10.7. The molecule has 11 heteroatoms. The van der Waals surface area contributed by atoms with Gasteiger partial charge < -0.3 is 14.5 Å². The van der Waals surface area contributed by atoms with Gasteiger partial charge in [0.15, 0.2) is 5.82 Å². The van der Waals surface area contributed by atoms with Crippen molar-refractivity contribution in [3.63, 3.8) is 0 Å². The quantitative estimate of drug-likeness (QED) is 0.726. The molecule has 1 aromatic heterocycles. The number of nitrogens with zero attached hydrogens (tertiary/aromatic N) is 5. The van der Waals surface area contributed by atoms with Gasteiger partial charge in [0, 0.05) is 45.3 Å². The van der Waals surface area contributed by atoms with Crippen molar-refractivity contribution in [1.82, 2.24) is 14.5 Å². The van der Waals surface area contributed by atoms with Gasteiger partial charge in [-0.25, -0.2) is 17.2 Å². The predicted octanol–water partition coefficient (Wildman–Crippen LogP) is 1.10. The average molecular weight is 425 g/mol. The van der Waals surface area contributed by atoms with Gasteiger partial charge in [0.05, 0.1) is 25.1 Å². The van der Waals surface area contributed by atoms with Crippen LogP contribution in [0.3, 0.4) is 0 Å². The van der Waals surface area contributed by atoms with Crippen LogP contribution in [0.15, 0.2) is 35.4 Å². The summed E-state index contributed by atoms with van der Waals surface area (Å²) in [7, 11) is -4.11. The van der Waals surface area contributed by atoms with Crippen LogP contribution in [0.1, 0.15) is 0 Å². The summed E-state index contributed by atoms with van der Waals surface area (Å²) in [6, 6.07) is 4.36. The lowest BCUT2D eigenvalue weighted by atomic mass is 10.3. The van der Waals surface area contributed by atoms with E-state index in [-0.39, 0.29) is 13.1 Å².